The largest absolute Gasteiger partial charge is 0.351 e. The van der Waals surface area contributed by atoms with Gasteiger partial charge in [-0.15, -0.1) is 11.3 Å². The summed E-state index contributed by atoms with van der Waals surface area (Å²) in [6.07, 6.45) is 5.79. The van der Waals surface area contributed by atoms with Crippen molar-refractivity contribution in [1.82, 2.24) is 5.32 Å². The van der Waals surface area contributed by atoms with E-state index >= 15 is 0 Å². The maximum atomic E-state index is 11.7. The molecule has 4 heteroatoms. The summed E-state index contributed by atoms with van der Waals surface area (Å²) in [5.41, 5.74) is 0. The second kappa shape index (κ2) is 5.82. The average molecular weight is 302 g/mol. The molecule has 1 aromatic heterocycles. The van der Waals surface area contributed by atoms with Gasteiger partial charge < -0.3 is 5.32 Å². The fourth-order valence-electron chi connectivity index (χ4n) is 2.18. The number of hydrogen-bond acceptors (Lipinski definition) is 2. The minimum atomic E-state index is 0.205. The molecule has 88 valence electrons. The molecule has 2 nitrogen and oxygen atoms in total. The lowest BCUT2D eigenvalue weighted by Crippen LogP contribution is -2.24. The first-order valence-corrected chi connectivity index (χ1v) is 7.36. The first-order chi connectivity index (χ1) is 7.74. The van der Waals surface area contributed by atoms with Gasteiger partial charge in [-0.3, -0.25) is 4.79 Å². The number of carbonyl (C=O) groups excluding carboxylic acids is 1. The van der Waals surface area contributed by atoms with Gasteiger partial charge in [0.1, 0.15) is 0 Å². The zero-order chi connectivity index (χ0) is 11.4. The van der Waals surface area contributed by atoms with Crippen LogP contribution in [0.15, 0.2) is 15.9 Å². The van der Waals surface area contributed by atoms with E-state index in [0.29, 0.717) is 18.9 Å². The maximum absolute atomic E-state index is 11.7. The second-order valence-electron chi connectivity index (χ2n) is 4.34. The quantitative estimate of drug-likeness (QED) is 0.902. The molecule has 0 atom stereocenters. The molecule has 0 aromatic carbocycles. The predicted molar refractivity (Wildman–Crippen MR) is 70.4 cm³/mol. The Balaban J connectivity index is 1.71. The normalized spacial score (nSPS) is 16.6. The second-order valence-corrected chi connectivity index (χ2v) is 6.88. The Bertz CT molecular complexity index is 358. The smallest absolute Gasteiger partial charge is 0.220 e. The van der Waals surface area contributed by atoms with Gasteiger partial charge in [0.2, 0.25) is 5.91 Å². The van der Waals surface area contributed by atoms with Crippen LogP contribution in [0.5, 0.6) is 0 Å². The van der Waals surface area contributed by atoms with Gasteiger partial charge in [-0.05, 0) is 46.8 Å². The van der Waals surface area contributed by atoms with Gasteiger partial charge in [0.25, 0.3) is 0 Å². The van der Waals surface area contributed by atoms with Crippen LogP contribution in [0.4, 0.5) is 0 Å². The Morgan fingerprint density at radius 1 is 1.44 bits per heavy atom. The summed E-state index contributed by atoms with van der Waals surface area (Å²) in [6, 6.07) is 4.06. The van der Waals surface area contributed by atoms with E-state index in [4.69, 9.17) is 0 Å². The summed E-state index contributed by atoms with van der Waals surface area (Å²) < 4.78 is 1.12. The van der Waals surface area contributed by atoms with Crippen LogP contribution >= 0.6 is 27.3 Å². The lowest BCUT2D eigenvalue weighted by atomic mass is 10.0. The number of rotatable bonds is 4. The van der Waals surface area contributed by atoms with Gasteiger partial charge >= 0.3 is 0 Å². The van der Waals surface area contributed by atoms with Gasteiger partial charge in [-0.2, -0.15) is 0 Å². The van der Waals surface area contributed by atoms with Crippen molar-refractivity contribution in [3.8, 4) is 0 Å². The van der Waals surface area contributed by atoms with Gasteiger partial charge in [-0.1, -0.05) is 12.8 Å². The first-order valence-electron chi connectivity index (χ1n) is 5.75. The number of nitrogens with one attached hydrogen (secondary N) is 1. The maximum Gasteiger partial charge on any atom is 0.220 e. The van der Waals surface area contributed by atoms with E-state index in [9.17, 15) is 4.79 Å². The third-order valence-electron chi connectivity index (χ3n) is 3.04. The monoisotopic (exact) mass is 301 g/mol. The molecule has 0 saturated heterocycles. The highest BCUT2D eigenvalue weighted by Gasteiger charge is 2.18. The summed E-state index contributed by atoms with van der Waals surface area (Å²) in [7, 11) is 0. The Hall–Kier alpha value is -0.350. The molecule has 1 aliphatic carbocycles. The fraction of sp³-hybridized carbons (Fsp3) is 0.583. The van der Waals surface area contributed by atoms with Crippen molar-refractivity contribution in [2.45, 2.75) is 38.6 Å². The summed E-state index contributed by atoms with van der Waals surface area (Å²) in [6.45, 7) is 0.668. The molecule has 1 amide bonds. The molecule has 0 radical (unpaired) electrons. The van der Waals surface area contributed by atoms with Crippen molar-refractivity contribution in [3.05, 3.63) is 20.8 Å². The van der Waals surface area contributed by atoms with E-state index in [1.807, 2.05) is 12.1 Å². The minimum Gasteiger partial charge on any atom is -0.351 e. The van der Waals surface area contributed by atoms with Crippen molar-refractivity contribution < 1.29 is 4.79 Å². The highest BCUT2D eigenvalue weighted by Crippen LogP contribution is 2.27. The molecule has 1 fully saturated rings. The first kappa shape index (κ1) is 12.1. The molecule has 1 saturated carbocycles. The fourth-order valence-corrected chi connectivity index (χ4v) is 3.60. The molecule has 0 unspecified atom stereocenters. The predicted octanol–water partition coefficient (Wildman–Crippen LogP) is 3.71. The van der Waals surface area contributed by atoms with E-state index in [-0.39, 0.29) is 5.91 Å². The van der Waals surface area contributed by atoms with Crippen molar-refractivity contribution in [3.63, 3.8) is 0 Å². The molecular formula is C12H16BrNOS. The SMILES string of the molecule is O=C(CC1CCCC1)NCc1ccc(Br)s1. The number of amides is 1. The van der Waals surface area contributed by atoms with Crippen molar-refractivity contribution in [2.75, 3.05) is 0 Å². The lowest BCUT2D eigenvalue weighted by Gasteiger charge is -2.08. The summed E-state index contributed by atoms with van der Waals surface area (Å²) in [5.74, 6) is 0.839. The van der Waals surface area contributed by atoms with Crippen molar-refractivity contribution in [1.29, 1.82) is 0 Å². The van der Waals surface area contributed by atoms with Gasteiger partial charge in [0.15, 0.2) is 0 Å². The van der Waals surface area contributed by atoms with Gasteiger partial charge in [0.05, 0.1) is 10.3 Å². The molecule has 0 bridgehead atoms. The highest BCUT2D eigenvalue weighted by atomic mass is 79.9. The standard InChI is InChI=1S/C12H16BrNOS/c13-11-6-5-10(16-11)8-14-12(15)7-9-3-1-2-4-9/h5-6,9H,1-4,7-8H2,(H,14,15). The molecule has 0 aliphatic heterocycles. The van der Waals surface area contributed by atoms with Crippen LogP contribution in [0.1, 0.15) is 37.0 Å². The third-order valence-corrected chi connectivity index (χ3v) is 4.66. The third kappa shape index (κ3) is 3.59. The van der Waals surface area contributed by atoms with Crippen molar-refractivity contribution in [2.24, 2.45) is 5.92 Å². The van der Waals surface area contributed by atoms with E-state index < -0.39 is 0 Å². The minimum absolute atomic E-state index is 0.205. The van der Waals surface area contributed by atoms with E-state index in [0.717, 1.165) is 3.79 Å². The molecule has 1 aliphatic rings. The number of carbonyl (C=O) groups is 1. The molecule has 1 aromatic rings. The van der Waals surface area contributed by atoms with Crippen LogP contribution in [-0.4, -0.2) is 5.91 Å². The molecule has 16 heavy (non-hydrogen) atoms. The molecular weight excluding hydrogens is 286 g/mol. The zero-order valence-electron chi connectivity index (χ0n) is 9.17. The number of hydrogen-bond donors (Lipinski definition) is 1. The zero-order valence-corrected chi connectivity index (χ0v) is 11.6. The Morgan fingerprint density at radius 3 is 2.81 bits per heavy atom. The summed E-state index contributed by atoms with van der Waals surface area (Å²) in [4.78, 5) is 12.9. The Kier molecular flexibility index (Phi) is 4.41. The van der Waals surface area contributed by atoms with Crippen LogP contribution in [0, 0.1) is 5.92 Å². The van der Waals surface area contributed by atoms with E-state index in [1.165, 1.54) is 30.6 Å². The average Bonchev–Trinajstić information content (AvgIpc) is 2.87. The van der Waals surface area contributed by atoms with Gasteiger partial charge in [0, 0.05) is 11.3 Å². The van der Waals surface area contributed by atoms with Crippen molar-refractivity contribution >= 4 is 33.2 Å². The van der Waals surface area contributed by atoms with Crippen LogP contribution < -0.4 is 5.32 Å². The van der Waals surface area contributed by atoms with Crippen LogP contribution in [0.2, 0.25) is 0 Å². The lowest BCUT2D eigenvalue weighted by molar-refractivity contribution is -0.122. The summed E-state index contributed by atoms with van der Waals surface area (Å²) in [5, 5.41) is 2.99. The topological polar surface area (TPSA) is 29.1 Å². The van der Waals surface area contributed by atoms with E-state index in [2.05, 4.69) is 21.2 Å². The van der Waals surface area contributed by atoms with Crippen LogP contribution in [-0.2, 0) is 11.3 Å². The number of thiophene rings is 1. The molecule has 0 spiro atoms. The Labute approximate surface area is 109 Å². The summed E-state index contributed by atoms with van der Waals surface area (Å²) >= 11 is 5.09. The molecule has 2 rings (SSSR count). The molecule has 1 N–H and O–H groups in total. The van der Waals surface area contributed by atoms with Gasteiger partial charge in [-0.25, -0.2) is 0 Å². The van der Waals surface area contributed by atoms with Crippen LogP contribution in [0.3, 0.4) is 0 Å². The van der Waals surface area contributed by atoms with Crippen LogP contribution in [0.25, 0.3) is 0 Å². The van der Waals surface area contributed by atoms with E-state index in [1.54, 1.807) is 11.3 Å². The highest BCUT2D eigenvalue weighted by molar-refractivity contribution is 9.11. The number of halogens is 1. The Morgan fingerprint density at radius 2 is 2.19 bits per heavy atom. The molecule has 1 heterocycles.